The predicted molar refractivity (Wildman–Crippen MR) is 111 cm³/mol. The normalized spacial score (nSPS) is 24.4. The van der Waals surface area contributed by atoms with E-state index in [1.54, 1.807) is 0 Å². The first-order valence-corrected chi connectivity index (χ1v) is 10.7. The summed E-state index contributed by atoms with van der Waals surface area (Å²) in [5.41, 5.74) is 5.91. The standard InChI is InChI=1S/C19H21FN4O4.C2HF3O2/c20-12-6-5-11-15(16(12)22-10-3-1-9(21)2-4-10)19(28)24(18(11)27)13-7-8-14(25)23-17(13)26;3-2(4,5)1(6)7/h5-6,9-10,13,22H,1-4,7-8,21H2,(H,23,25,26);(H,6,7). The molecule has 10 nitrogen and oxygen atoms in total. The number of carboxylic acids is 1. The van der Waals surface area contributed by atoms with Crippen LogP contribution >= 0.6 is 0 Å². The Labute approximate surface area is 195 Å². The third-order valence-electron chi connectivity index (χ3n) is 5.92. The summed E-state index contributed by atoms with van der Waals surface area (Å²) >= 11 is 0. The van der Waals surface area contributed by atoms with E-state index < -0.39 is 47.6 Å². The van der Waals surface area contributed by atoms with E-state index >= 15 is 0 Å². The average Bonchev–Trinajstić information content (AvgIpc) is 3.02. The van der Waals surface area contributed by atoms with Gasteiger partial charge in [0, 0.05) is 18.5 Å². The van der Waals surface area contributed by atoms with E-state index in [0.29, 0.717) is 0 Å². The number of nitrogens with one attached hydrogen (secondary N) is 2. The summed E-state index contributed by atoms with van der Waals surface area (Å²) in [5.74, 6) is -5.89. The molecule has 1 aromatic rings. The number of amides is 4. The van der Waals surface area contributed by atoms with E-state index in [-0.39, 0.29) is 41.7 Å². The quantitative estimate of drug-likeness (QED) is 0.358. The fourth-order valence-corrected chi connectivity index (χ4v) is 4.14. The Kier molecular flexibility index (Phi) is 7.43. The van der Waals surface area contributed by atoms with Gasteiger partial charge in [0.1, 0.15) is 11.9 Å². The summed E-state index contributed by atoms with van der Waals surface area (Å²) < 4.78 is 46.3. The zero-order valence-corrected chi connectivity index (χ0v) is 18.2. The Bertz CT molecular complexity index is 1070. The van der Waals surface area contributed by atoms with Crippen LogP contribution in [0.3, 0.4) is 0 Å². The number of fused-ring (bicyclic) bond motifs is 1. The molecular weight excluding hydrogens is 480 g/mol. The highest BCUT2D eigenvalue weighted by Crippen LogP contribution is 2.35. The van der Waals surface area contributed by atoms with Crippen molar-refractivity contribution in [1.82, 2.24) is 10.2 Å². The van der Waals surface area contributed by atoms with Crippen LogP contribution in [0, 0.1) is 5.82 Å². The first-order chi connectivity index (χ1) is 16.3. The van der Waals surface area contributed by atoms with Crippen molar-refractivity contribution in [3.63, 3.8) is 0 Å². The number of nitrogens with two attached hydrogens (primary N) is 1. The van der Waals surface area contributed by atoms with E-state index in [2.05, 4.69) is 10.6 Å². The van der Waals surface area contributed by atoms with Gasteiger partial charge in [-0.05, 0) is 44.2 Å². The molecule has 1 saturated carbocycles. The van der Waals surface area contributed by atoms with Crippen molar-refractivity contribution in [1.29, 1.82) is 0 Å². The average molecular weight is 502 g/mol. The molecule has 190 valence electrons. The molecule has 3 aliphatic rings. The summed E-state index contributed by atoms with van der Waals surface area (Å²) in [4.78, 5) is 59.1. The molecule has 0 aromatic heterocycles. The van der Waals surface area contributed by atoms with Crippen molar-refractivity contribution >= 4 is 35.3 Å². The summed E-state index contributed by atoms with van der Waals surface area (Å²) in [6.45, 7) is 0. The van der Waals surface area contributed by atoms with Crippen LogP contribution in [0.4, 0.5) is 23.2 Å². The Morgan fingerprint density at radius 1 is 1.06 bits per heavy atom. The SMILES string of the molecule is NC1CCC(Nc2c(F)ccc3c2C(=O)N(C2CCC(=O)NC2=O)C3=O)CC1.O=C(O)C(F)(F)F. The van der Waals surface area contributed by atoms with Gasteiger partial charge < -0.3 is 16.2 Å². The van der Waals surface area contributed by atoms with Crippen molar-refractivity contribution in [3.05, 3.63) is 29.1 Å². The molecule has 1 unspecified atom stereocenters. The molecule has 5 N–H and O–H groups in total. The van der Waals surface area contributed by atoms with Crippen molar-refractivity contribution in [2.45, 2.75) is 62.8 Å². The summed E-state index contributed by atoms with van der Waals surface area (Å²) in [6, 6.07) is 1.41. The number of carboxylic acid groups (broad SMARTS) is 1. The molecule has 14 heteroatoms. The van der Waals surface area contributed by atoms with Gasteiger partial charge >= 0.3 is 12.1 Å². The van der Waals surface area contributed by atoms with Gasteiger partial charge in [0.2, 0.25) is 11.8 Å². The lowest BCUT2D eigenvalue weighted by Crippen LogP contribution is -2.54. The molecule has 2 aliphatic heterocycles. The molecule has 0 bridgehead atoms. The number of rotatable bonds is 3. The minimum atomic E-state index is -5.08. The van der Waals surface area contributed by atoms with E-state index in [4.69, 9.17) is 15.6 Å². The van der Waals surface area contributed by atoms with Crippen molar-refractivity contribution < 1.29 is 46.6 Å². The van der Waals surface area contributed by atoms with Crippen LogP contribution in [0.5, 0.6) is 0 Å². The van der Waals surface area contributed by atoms with Crippen LogP contribution in [-0.2, 0) is 14.4 Å². The van der Waals surface area contributed by atoms with Crippen molar-refractivity contribution in [3.8, 4) is 0 Å². The number of benzene rings is 1. The van der Waals surface area contributed by atoms with Crippen LogP contribution in [0.2, 0.25) is 0 Å². The molecule has 0 spiro atoms. The number of aliphatic carboxylic acids is 1. The molecule has 35 heavy (non-hydrogen) atoms. The fourth-order valence-electron chi connectivity index (χ4n) is 4.14. The molecule has 4 amide bonds. The predicted octanol–water partition coefficient (Wildman–Crippen LogP) is 1.54. The molecule has 1 aromatic carbocycles. The Balaban J connectivity index is 0.000000429. The minimum absolute atomic E-state index is 0.00823. The van der Waals surface area contributed by atoms with Crippen LogP contribution < -0.4 is 16.4 Å². The van der Waals surface area contributed by atoms with Crippen molar-refractivity contribution in [2.24, 2.45) is 5.73 Å². The summed E-state index contributed by atoms with van der Waals surface area (Å²) in [5, 5.41) is 12.3. The highest BCUT2D eigenvalue weighted by atomic mass is 19.4. The van der Waals surface area contributed by atoms with Gasteiger partial charge in [-0.2, -0.15) is 13.2 Å². The lowest BCUT2D eigenvalue weighted by molar-refractivity contribution is -0.192. The Hall–Kier alpha value is -3.55. The second-order valence-corrected chi connectivity index (χ2v) is 8.35. The Morgan fingerprint density at radius 2 is 1.66 bits per heavy atom. The largest absolute Gasteiger partial charge is 0.490 e. The van der Waals surface area contributed by atoms with Gasteiger partial charge in [-0.1, -0.05) is 0 Å². The zero-order valence-electron chi connectivity index (χ0n) is 18.2. The van der Waals surface area contributed by atoms with E-state index in [9.17, 15) is 36.7 Å². The number of nitrogens with zero attached hydrogens (tertiary/aromatic N) is 1. The lowest BCUT2D eigenvalue weighted by atomic mass is 9.91. The van der Waals surface area contributed by atoms with Crippen molar-refractivity contribution in [2.75, 3.05) is 5.32 Å². The van der Waals surface area contributed by atoms with Gasteiger partial charge in [0.25, 0.3) is 11.8 Å². The maximum Gasteiger partial charge on any atom is 0.490 e. The lowest BCUT2D eigenvalue weighted by Gasteiger charge is -2.29. The number of imide groups is 2. The van der Waals surface area contributed by atoms with E-state index in [1.807, 2.05) is 0 Å². The Morgan fingerprint density at radius 3 is 2.20 bits per heavy atom. The topological polar surface area (TPSA) is 159 Å². The van der Waals surface area contributed by atoms with Gasteiger partial charge in [-0.3, -0.25) is 29.4 Å². The second-order valence-electron chi connectivity index (χ2n) is 8.35. The maximum absolute atomic E-state index is 14.6. The fraction of sp³-hybridized carbons (Fsp3) is 0.476. The third kappa shape index (κ3) is 5.58. The van der Waals surface area contributed by atoms with Gasteiger partial charge in [-0.25, -0.2) is 9.18 Å². The number of alkyl halides is 3. The number of hydrogen-bond donors (Lipinski definition) is 4. The van der Waals surface area contributed by atoms with E-state index in [1.165, 1.54) is 6.07 Å². The first-order valence-electron chi connectivity index (χ1n) is 10.7. The summed E-state index contributed by atoms with van der Waals surface area (Å²) in [6.07, 6.45) is -1.92. The minimum Gasteiger partial charge on any atom is -0.475 e. The molecule has 4 rings (SSSR count). The molecule has 1 atom stereocenters. The number of anilines is 1. The van der Waals surface area contributed by atoms with Gasteiger partial charge in [-0.15, -0.1) is 0 Å². The second kappa shape index (κ2) is 9.98. The molecule has 2 fully saturated rings. The van der Waals surface area contributed by atoms with Crippen LogP contribution in [0.1, 0.15) is 59.2 Å². The number of piperidine rings is 1. The van der Waals surface area contributed by atoms with Crippen LogP contribution in [0.25, 0.3) is 0 Å². The van der Waals surface area contributed by atoms with Gasteiger partial charge in [0.15, 0.2) is 0 Å². The summed E-state index contributed by atoms with van der Waals surface area (Å²) in [7, 11) is 0. The monoisotopic (exact) mass is 502 g/mol. The molecule has 0 radical (unpaired) electrons. The highest BCUT2D eigenvalue weighted by molar-refractivity contribution is 6.25. The number of carbonyl (C=O) groups excluding carboxylic acids is 4. The molecule has 1 aliphatic carbocycles. The number of halogens is 4. The highest BCUT2D eigenvalue weighted by Gasteiger charge is 2.46. The molecule has 1 saturated heterocycles. The maximum atomic E-state index is 14.6. The molecule has 2 heterocycles. The van der Waals surface area contributed by atoms with Crippen LogP contribution in [0.15, 0.2) is 12.1 Å². The van der Waals surface area contributed by atoms with Crippen LogP contribution in [-0.4, -0.2) is 63.9 Å². The number of carbonyl (C=O) groups is 5. The molecular formula is C21H22F4N4O6. The third-order valence-corrected chi connectivity index (χ3v) is 5.92. The van der Waals surface area contributed by atoms with Gasteiger partial charge in [0.05, 0.1) is 16.8 Å². The first kappa shape index (κ1) is 26.1. The zero-order chi connectivity index (χ0) is 26.1. The number of hydrogen-bond acceptors (Lipinski definition) is 7. The van der Waals surface area contributed by atoms with E-state index in [0.717, 1.165) is 36.6 Å². The smallest absolute Gasteiger partial charge is 0.475 e.